The van der Waals surface area contributed by atoms with Gasteiger partial charge in [-0.15, -0.1) is 11.8 Å². The van der Waals surface area contributed by atoms with Gasteiger partial charge in [0.2, 0.25) is 5.91 Å². The normalized spacial score (nSPS) is 16.0. The molecule has 0 spiro atoms. The molecule has 0 radical (unpaired) electrons. The van der Waals surface area contributed by atoms with Gasteiger partial charge in [0.05, 0.1) is 12.3 Å². The minimum absolute atomic E-state index is 0.00182. The monoisotopic (exact) mass is 329 g/mol. The molecule has 2 aromatic carbocycles. The predicted molar refractivity (Wildman–Crippen MR) is 91.3 cm³/mol. The standard InChI is InChI=1S/C18H19NO3S/c1-13-6-8-15(9-7-13)23-12-18(20)19-10-14-11-21-16-4-2-3-5-17(16)22-14/h2-9,14H,10-12H2,1H3,(H,19,20)/t14-/m1/s1. The largest absolute Gasteiger partial charge is 0.486 e. The molecule has 3 rings (SSSR count). The summed E-state index contributed by atoms with van der Waals surface area (Å²) >= 11 is 1.53. The van der Waals surface area contributed by atoms with Gasteiger partial charge in [0.1, 0.15) is 12.7 Å². The van der Waals surface area contributed by atoms with Crippen molar-refractivity contribution in [3.05, 3.63) is 54.1 Å². The number of amides is 1. The van der Waals surface area contributed by atoms with Crippen molar-refractivity contribution in [3.8, 4) is 11.5 Å². The van der Waals surface area contributed by atoms with Gasteiger partial charge in [-0.1, -0.05) is 29.8 Å². The van der Waals surface area contributed by atoms with Crippen molar-refractivity contribution in [1.29, 1.82) is 0 Å². The van der Waals surface area contributed by atoms with E-state index in [0.717, 1.165) is 16.4 Å². The van der Waals surface area contributed by atoms with E-state index in [1.807, 2.05) is 55.5 Å². The van der Waals surface area contributed by atoms with Gasteiger partial charge in [-0.05, 0) is 31.2 Å². The van der Waals surface area contributed by atoms with Crippen LogP contribution in [0.4, 0.5) is 0 Å². The fourth-order valence-electron chi connectivity index (χ4n) is 2.23. The number of hydrogen-bond acceptors (Lipinski definition) is 4. The molecule has 0 saturated heterocycles. The quantitative estimate of drug-likeness (QED) is 0.857. The van der Waals surface area contributed by atoms with Crippen LogP contribution >= 0.6 is 11.8 Å². The molecule has 0 unspecified atom stereocenters. The fourth-order valence-corrected chi connectivity index (χ4v) is 2.95. The molecule has 1 amide bonds. The molecule has 120 valence electrons. The molecule has 1 aliphatic heterocycles. The summed E-state index contributed by atoms with van der Waals surface area (Å²) in [5.41, 5.74) is 1.22. The number of ether oxygens (including phenoxy) is 2. The van der Waals surface area contributed by atoms with E-state index >= 15 is 0 Å². The Hall–Kier alpha value is -2.14. The number of carbonyl (C=O) groups is 1. The van der Waals surface area contributed by atoms with E-state index in [4.69, 9.17) is 9.47 Å². The van der Waals surface area contributed by atoms with Crippen LogP contribution in [0.3, 0.4) is 0 Å². The van der Waals surface area contributed by atoms with E-state index in [9.17, 15) is 4.79 Å². The van der Waals surface area contributed by atoms with Gasteiger partial charge in [-0.2, -0.15) is 0 Å². The number of nitrogens with one attached hydrogen (secondary N) is 1. The second kappa shape index (κ2) is 7.42. The zero-order valence-corrected chi connectivity index (χ0v) is 13.8. The predicted octanol–water partition coefficient (Wildman–Crippen LogP) is 3.04. The number of rotatable bonds is 5. The van der Waals surface area contributed by atoms with Gasteiger partial charge in [-0.3, -0.25) is 4.79 Å². The Morgan fingerprint density at radius 2 is 1.91 bits per heavy atom. The highest BCUT2D eigenvalue weighted by Gasteiger charge is 2.20. The minimum Gasteiger partial charge on any atom is -0.486 e. The second-order valence-electron chi connectivity index (χ2n) is 5.40. The summed E-state index contributed by atoms with van der Waals surface area (Å²) in [6.07, 6.45) is -0.154. The first-order chi connectivity index (χ1) is 11.2. The van der Waals surface area contributed by atoms with Crippen LogP contribution in [0.15, 0.2) is 53.4 Å². The molecule has 0 aliphatic carbocycles. The lowest BCUT2D eigenvalue weighted by Gasteiger charge is -2.26. The van der Waals surface area contributed by atoms with Crippen LogP contribution < -0.4 is 14.8 Å². The van der Waals surface area contributed by atoms with E-state index in [2.05, 4.69) is 5.32 Å². The lowest BCUT2D eigenvalue weighted by Crippen LogP contribution is -2.41. The van der Waals surface area contributed by atoms with Crippen molar-refractivity contribution >= 4 is 17.7 Å². The molecule has 0 bridgehead atoms. The molecule has 0 saturated carbocycles. The van der Waals surface area contributed by atoms with E-state index in [1.165, 1.54) is 17.3 Å². The average molecular weight is 329 g/mol. The van der Waals surface area contributed by atoms with Gasteiger partial charge < -0.3 is 14.8 Å². The van der Waals surface area contributed by atoms with Crippen molar-refractivity contribution in [2.45, 2.75) is 17.9 Å². The van der Waals surface area contributed by atoms with E-state index in [-0.39, 0.29) is 12.0 Å². The first-order valence-electron chi connectivity index (χ1n) is 7.55. The van der Waals surface area contributed by atoms with Crippen LogP contribution in [-0.2, 0) is 4.79 Å². The Balaban J connectivity index is 1.42. The Morgan fingerprint density at radius 3 is 2.70 bits per heavy atom. The number of hydrogen-bond donors (Lipinski definition) is 1. The third kappa shape index (κ3) is 4.42. The summed E-state index contributed by atoms with van der Waals surface area (Å²) in [6, 6.07) is 15.7. The third-order valence-corrected chi connectivity index (χ3v) is 4.50. The number of carbonyl (C=O) groups excluding carboxylic acids is 1. The minimum atomic E-state index is -0.154. The van der Waals surface area contributed by atoms with Gasteiger partial charge in [-0.25, -0.2) is 0 Å². The van der Waals surface area contributed by atoms with Crippen LogP contribution in [0.1, 0.15) is 5.56 Å². The highest BCUT2D eigenvalue weighted by molar-refractivity contribution is 8.00. The summed E-state index contributed by atoms with van der Waals surface area (Å²) < 4.78 is 11.4. The maximum absolute atomic E-state index is 11.9. The molecule has 1 heterocycles. The van der Waals surface area contributed by atoms with Crippen LogP contribution in [0.2, 0.25) is 0 Å². The Kier molecular flexibility index (Phi) is 5.08. The lowest BCUT2D eigenvalue weighted by atomic mass is 10.2. The van der Waals surface area contributed by atoms with Crippen LogP contribution in [0.25, 0.3) is 0 Å². The van der Waals surface area contributed by atoms with Crippen molar-refractivity contribution in [2.75, 3.05) is 18.9 Å². The number of thioether (sulfide) groups is 1. The summed E-state index contributed by atoms with van der Waals surface area (Å²) in [4.78, 5) is 13.0. The first-order valence-corrected chi connectivity index (χ1v) is 8.54. The van der Waals surface area contributed by atoms with Crippen molar-refractivity contribution in [2.24, 2.45) is 0 Å². The molecule has 2 aromatic rings. The molecule has 1 atom stereocenters. The number of fused-ring (bicyclic) bond motifs is 1. The second-order valence-corrected chi connectivity index (χ2v) is 6.45. The Bertz CT molecular complexity index is 672. The zero-order chi connectivity index (χ0) is 16.1. The van der Waals surface area contributed by atoms with Crippen LogP contribution in [0.5, 0.6) is 11.5 Å². The number of benzene rings is 2. The average Bonchev–Trinajstić information content (AvgIpc) is 2.59. The molecule has 0 aromatic heterocycles. The maximum Gasteiger partial charge on any atom is 0.230 e. The molecule has 1 aliphatic rings. The molecule has 5 heteroatoms. The van der Waals surface area contributed by atoms with E-state index in [1.54, 1.807) is 0 Å². The van der Waals surface area contributed by atoms with Gasteiger partial charge in [0.15, 0.2) is 11.5 Å². The molecule has 1 N–H and O–H groups in total. The summed E-state index contributed by atoms with van der Waals surface area (Å²) in [5.74, 6) is 1.88. The first kappa shape index (κ1) is 15.7. The highest BCUT2D eigenvalue weighted by Crippen LogP contribution is 2.30. The van der Waals surface area contributed by atoms with Crippen molar-refractivity contribution < 1.29 is 14.3 Å². The van der Waals surface area contributed by atoms with E-state index in [0.29, 0.717) is 18.9 Å². The molecular formula is C18H19NO3S. The molecule has 4 nitrogen and oxygen atoms in total. The number of aryl methyl sites for hydroxylation is 1. The number of para-hydroxylation sites is 2. The Labute approximate surface area is 140 Å². The summed E-state index contributed by atoms with van der Waals surface area (Å²) in [7, 11) is 0. The maximum atomic E-state index is 11.9. The van der Waals surface area contributed by atoms with Crippen molar-refractivity contribution in [3.63, 3.8) is 0 Å². The molecule has 0 fully saturated rings. The van der Waals surface area contributed by atoms with Gasteiger partial charge >= 0.3 is 0 Å². The third-order valence-electron chi connectivity index (χ3n) is 3.49. The zero-order valence-electron chi connectivity index (χ0n) is 13.0. The fraction of sp³-hybridized carbons (Fsp3) is 0.278. The summed E-state index contributed by atoms with van der Waals surface area (Å²) in [5, 5.41) is 2.90. The lowest BCUT2D eigenvalue weighted by molar-refractivity contribution is -0.119. The van der Waals surface area contributed by atoms with Gasteiger partial charge in [0, 0.05) is 4.90 Å². The van der Waals surface area contributed by atoms with E-state index < -0.39 is 0 Å². The van der Waals surface area contributed by atoms with Gasteiger partial charge in [0.25, 0.3) is 0 Å². The van der Waals surface area contributed by atoms with Crippen LogP contribution in [-0.4, -0.2) is 30.9 Å². The van der Waals surface area contributed by atoms with Crippen molar-refractivity contribution in [1.82, 2.24) is 5.32 Å². The smallest absolute Gasteiger partial charge is 0.230 e. The SMILES string of the molecule is Cc1ccc(SCC(=O)NC[C@@H]2COc3ccccc3O2)cc1. The topological polar surface area (TPSA) is 47.6 Å². The highest BCUT2D eigenvalue weighted by atomic mass is 32.2. The summed E-state index contributed by atoms with van der Waals surface area (Å²) in [6.45, 7) is 2.94. The molecular weight excluding hydrogens is 310 g/mol. The Morgan fingerprint density at radius 1 is 1.17 bits per heavy atom. The molecule has 23 heavy (non-hydrogen) atoms. The van der Waals surface area contributed by atoms with Crippen LogP contribution in [0, 0.1) is 6.92 Å².